The van der Waals surface area contributed by atoms with Crippen molar-refractivity contribution in [1.82, 2.24) is 0 Å². The molecule has 0 amide bonds. The Balaban J connectivity index is 1.89. The molecule has 0 atom stereocenters. The van der Waals surface area contributed by atoms with Crippen LogP contribution in [-0.4, -0.2) is 23.9 Å². The molecule has 0 saturated heterocycles. The fraction of sp³-hybridized carbons (Fsp3) is 0.192. The number of carbonyl (C=O) groups excluding carboxylic acids is 2. The van der Waals surface area contributed by atoms with Crippen LogP contribution in [0.4, 0.5) is 10.5 Å². The molecule has 0 fully saturated rings. The van der Waals surface area contributed by atoms with E-state index in [9.17, 15) is 9.59 Å². The van der Waals surface area contributed by atoms with E-state index >= 15 is 0 Å². The Morgan fingerprint density at radius 1 is 0.938 bits per heavy atom. The molecule has 0 radical (unpaired) electrons. The molecule has 0 spiro atoms. The van der Waals surface area contributed by atoms with Gasteiger partial charge in [0.15, 0.2) is 5.75 Å². The van der Waals surface area contributed by atoms with Gasteiger partial charge in [0.2, 0.25) is 0 Å². The van der Waals surface area contributed by atoms with E-state index in [0.29, 0.717) is 22.8 Å². The Hall–Kier alpha value is -3.93. The third kappa shape index (κ3) is 6.04. The minimum absolute atomic E-state index is 0.293. The molecule has 0 bridgehead atoms. The van der Waals surface area contributed by atoms with E-state index in [-0.39, 0.29) is 0 Å². The standard InChI is InChI=1S/C26H25NO5/c1-17(2)24(28)30-20-13-10-18(11-14-20)16-27-23-21-9-7-6-8-19(21)12-15-22(23)31-25(29)32-26(3,4)5/h6-16H,1H2,2-5H3. The predicted molar refractivity (Wildman–Crippen MR) is 125 cm³/mol. The van der Waals surface area contributed by atoms with Gasteiger partial charge in [-0.2, -0.15) is 0 Å². The zero-order valence-corrected chi connectivity index (χ0v) is 18.5. The number of esters is 1. The summed E-state index contributed by atoms with van der Waals surface area (Å²) in [6.07, 6.45) is 0.849. The van der Waals surface area contributed by atoms with Gasteiger partial charge in [-0.25, -0.2) is 9.59 Å². The topological polar surface area (TPSA) is 74.2 Å². The minimum atomic E-state index is -0.798. The molecule has 3 rings (SSSR count). The Kier molecular flexibility index (Phi) is 6.73. The van der Waals surface area contributed by atoms with Gasteiger partial charge in [-0.3, -0.25) is 4.99 Å². The molecule has 3 aromatic carbocycles. The summed E-state index contributed by atoms with van der Waals surface area (Å²) in [6.45, 7) is 10.5. The number of hydrogen-bond acceptors (Lipinski definition) is 6. The number of nitrogens with zero attached hydrogens (tertiary/aromatic N) is 1. The van der Waals surface area contributed by atoms with Crippen molar-refractivity contribution in [2.75, 3.05) is 0 Å². The van der Waals surface area contributed by atoms with Crippen LogP contribution in [0, 0.1) is 0 Å². The first-order chi connectivity index (χ1) is 15.1. The van der Waals surface area contributed by atoms with Crippen molar-refractivity contribution >= 4 is 34.8 Å². The maximum absolute atomic E-state index is 12.2. The average molecular weight is 431 g/mol. The first-order valence-corrected chi connectivity index (χ1v) is 10.1. The Morgan fingerprint density at radius 3 is 2.28 bits per heavy atom. The van der Waals surface area contributed by atoms with Gasteiger partial charge in [0, 0.05) is 17.2 Å². The number of rotatable bonds is 5. The van der Waals surface area contributed by atoms with Gasteiger partial charge in [0.1, 0.15) is 17.0 Å². The summed E-state index contributed by atoms with van der Waals surface area (Å²) >= 11 is 0. The van der Waals surface area contributed by atoms with Gasteiger partial charge < -0.3 is 14.2 Å². The summed E-state index contributed by atoms with van der Waals surface area (Å²) < 4.78 is 15.9. The highest BCUT2D eigenvalue weighted by molar-refractivity contribution is 5.98. The highest BCUT2D eigenvalue weighted by atomic mass is 16.7. The number of fused-ring (bicyclic) bond motifs is 1. The largest absolute Gasteiger partial charge is 0.514 e. The van der Waals surface area contributed by atoms with Crippen molar-refractivity contribution in [3.05, 3.63) is 78.4 Å². The Bertz CT molecular complexity index is 1190. The number of benzene rings is 3. The smallest absolute Gasteiger partial charge is 0.428 e. The summed E-state index contributed by atoms with van der Waals surface area (Å²) in [5.41, 5.74) is 0.930. The van der Waals surface area contributed by atoms with Crippen LogP contribution in [0.2, 0.25) is 0 Å². The van der Waals surface area contributed by atoms with Crippen molar-refractivity contribution < 1.29 is 23.8 Å². The lowest BCUT2D eigenvalue weighted by Gasteiger charge is -2.19. The van der Waals surface area contributed by atoms with Crippen LogP contribution in [0.5, 0.6) is 11.5 Å². The maximum atomic E-state index is 12.2. The van der Waals surface area contributed by atoms with Crippen LogP contribution in [-0.2, 0) is 9.53 Å². The zero-order chi connectivity index (χ0) is 23.3. The summed E-state index contributed by atoms with van der Waals surface area (Å²) in [5.74, 6) is 0.224. The molecular formula is C26H25NO5. The van der Waals surface area contributed by atoms with Crippen molar-refractivity contribution in [1.29, 1.82) is 0 Å². The van der Waals surface area contributed by atoms with Gasteiger partial charge in [-0.1, -0.05) is 36.9 Å². The minimum Gasteiger partial charge on any atom is -0.428 e. The van der Waals surface area contributed by atoms with Crippen molar-refractivity contribution in [2.45, 2.75) is 33.3 Å². The lowest BCUT2D eigenvalue weighted by atomic mass is 10.1. The van der Waals surface area contributed by atoms with Gasteiger partial charge in [-0.05, 0) is 69.0 Å². The van der Waals surface area contributed by atoms with E-state index in [4.69, 9.17) is 14.2 Å². The van der Waals surface area contributed by atoms with Crippen molar-refractivity contribution in [3.8, 4) is 11.5 Å². The molecule has 0 heterocycles. The van der Waals surface area contributed by atoms with E-state index in [1.54, 1.807) is 64.2 Å². The van der Waals surface area contributed by atoms with Gasteiger partial charge in [0.05, 0.1) is 0 Å². The monoisotopic (exact) mass is 431 g/mol. The van der Waals surface area contributed by atoms with E-state index in [0.717, 1.165) is 16.3 Å². The average Bonchev–Trinajstić information content (AvgIpc) is 2.72. The maximum Gasteiger partial charge on any atom is 0.514 e. The molecule has 6 nitrogen and oxygen atoms in total. The lowest BCUT2D eigenvalue weighted by molar-refractivity contribution is -0.130. The van der Waals surface area contributed by atoms with E-state index in [1.165, 1.54) is 0 Å². The van der Waals surface area contributed by atoms with Gasteiger partial charge in [0.25, 0.3) is 0 Å². The molecule has 0 aromatic heterocycles. The van der Waals surface area contributed by atoms with Crippen LogP contribution in [0.25, 0.3) is 10.8 Å². The number of hydrogen-bond donors (Lipinski definition) is 0. The number of carbonyl (C=O) groups is 2. The molecule has 0 unspecified atom stereocenters. The van der Waals surface area contributed by atoms with E-state index in [1.807, 2.05) is 30.3 Å². The number of aliphatic imine (C=N–C) groups is 1. The molecule has 6 heteroatoms. The molecule has 0 saturated carbocycles. The summed E-state index contributed by atoms with van der Waals surface area (Å²) in [7, 11) is 0. The van der Waals surface area contributed by atoms with Crippen LogP contribution >= 0.6 is 0 Å². The van der Waals surface area contributed by atoms with Crippen LogP contribution in [0.3, 0.4) is 0 Å². The Labute approximate surface area is 187 Å². The predicted octanol–water partition coefficient (Wildman–Crippen LogP) is 6.39. The quantitative estimate of drug-likeness (QED) is 0.154. The second kappa shape index (κ2) is 9.47. The SMILES string of the molecule is C=C(C)C(=O)Oc1ccc(C=Nc2c(OC(=O)OC(C)(C)C)ccc3ccccc23)cc1. The highest BCUT2D eigenvalue weighted by Crippen LogP contribution is 2.36. The van der Waals surface area contributed by atoms with Crippen LogP contribution in [0.15, 0.2) is 77.8 Å². The highest BCUT2D eigenvalue weighted by Gasteiger charge is 2.20. The first-order valence-electron chi connectivity index (χ1n) is 10.1. The van der Waals surface area contributed by atoms with E-state index < -0.39 is 17.7 Å². The lowest BCUT2D eigenvalue weighted by Crippen LogP contribution is -2.26. The molecule has 0 N–H and O–H groups in total. The fourth-order valence-corrected chi connectivity index (χ4v) is 2.77. The van der Waals surface area contributed by atoms with Crippen LogP contribution < -0.4 is 9.47 Å². The van der Waals surface area contributed by atoms with Gasteiger partial charge >= 0.3 is 12.1 Å². The zero-order valence-electron chi connectivity index (χ0n) is 18.5. The van der Waals surface area contributed by atoms with Gasteiger partial charge in [-0.15, -0.1) is 0 Å². The Morgan fingerprint density at radius 2 is 1.62 bits per heavy atom. The second-order valence-electron chi connectivity index (χ2n) is 8.20. The summed E-state index contributed by atoms with van der Waals surface area (Å²) in [5, 5.41) is 1.79. The fourth-order valence-electron chi connectivity index (χ4n) is 2.77. The first kappa shape index (κ1) is 22.7. The normalized spacial score (nSPS) is 11.4. The number of ether oxygens (including phenoxy) is 3. The molecular weight excluding hydrogens is 406 g/mol. The molecule has 32 heavy (non-hydrogen) atoms. The summed E-state index contributed by atoms with van der Waals surface area (Å²) in [4.78, 5) is 28.5. The third-order valence-corrected chi connectivity index (χ3v) is 4.23. The molecule has 3 aromatic rings. The molecule has 0 aliphatic carbocycles. The van der Waals surface area contributed by atoms with Crippen molar-refractivity contribution in [3.63, 3.8) is 0 Å². The van der Waals surface area contributed by atoms with E-state index in [2.05, 4.69) is 11.6 Å². The third-order valence-electron chi connectivity index (χ3n) is 4.23. The molecule has 164 valence electrons. The molecule has 0 aliphatic heterocycles. The summed E-state index contributed by atoms with van der Waals surface area (Å²) in [6, 6.07) is 18.1. The second-order valence-corrected chi connectivity index (χ2v) is 8.20. The van der Waals surface area contributed by atoms with Crippen LogP contribution in [0.1, 0.15) is 33.3 Å². The molecule has 0 aliphatic rings. The van der Waals surface area contributed by atoms with Crippen molar-refractivity contribution in [2.24, 2.45) is 4.99 Å².